The summed E-state index contributed by atoms with van der Waals surface area (Å²) in [6, 6.07) is 31.1. The van der Waals surface area contributed by atoms with Crippen LogP contribution < -0.4 is 18.9 Å². The Hall–Kier alpha value is -6.55. The van der Waals surface area contributed by atoms with Gasteiger partial charge in [-0.3, -0.25) is 19.8 Å². The SMILES string of the molecule is C.CC(=O)c1ccc(-c2nc(-c3ccc4c(c3)OCO4)c(-c3ccccn3)[nH]2)cc1.Cc1cccc(C2=C(c3ccc4c(c3)OCO4)CC(C(C)(C)C)=N2)n1. The maximum atomic E-state index is 11.6. The number of pyridine rings is 2. The average Bonchev–Trinajstić information content (AvgIpc) is 4.00. The number of carbonyl (C=O) groups is 1. The number of allylic oxidation sites excluding steroid dienone is 1. The molecular weight excluding hydrogens is 691 g/mol. The van der Waals surface area contributed by atoms with Gasteiger partial charge < -0.3 is 23.9 Å². The second-order valence-electron chi connectivity index (χ2n) is 14.3. The van der Waals surface area contributed by atoms with E-state index in [1.165, 1.54) is 11.3 Å². The first-order valence-electron chi connectivity index (χ1n) is 17.8. The second-order valence-corrected chi connectivity index (χ2v) is 14.3. The molecule has 0 bridgehead atoms. The molecule has 3 aromatic heterocycles. The number of aryl methyl sites for hydroxylation is 1. The van der Waals surface area contributed by atoms with Crippen LogP contribution in [0.15, 0.2) is 108 Å². The number of benzene rings is 3. The van der Waals surface area contributed by atoms with Crippen LogP contribution in [-0.2, 0) is 0 Å². The number of hydrogen-bond donors (Lipinski definition) is 1. The summed E-state index contributed by atoms with van der Waals surface area (Å²) in [6.07, 6.45) is 2.58. The van der Waals surface area contributed by atoms with Gasteiger partial charge in [-0.05, 0) is 79.6 Å². The van der Waals surface area contributed by atoms with Gasteiger partial charge in [-0.15, -0.1) is 0 Å². The molecule has 0 unspecified atom stereocenters. The fourth-order valence-electron chi connectivity index (χ4n) is 6.46. The van der Waals surface area contributed by atoms with Crippen LogP contribution in [0.2, 0.25) is 0 Å². The van der Waals surface area contributed by atoms with Gasteiger partial charge in [0.15, 0.2) is 28.8 Å². The number of ketones is 1. The molecule has 0 saturated carbocycles. The molecule has 10 nitrogen and oxygen atoms in total. The normalized spacial score (nSPS) is 13.9. The quantitative estimate of drug-likeness (QED) is 0.168. The lowest BCUT2D eigenvalue weighted by atomic mass is 9.86. The second kappa shape index (κ2) is 15.1. The van der Waals surface area contributed by atoms with E-state index < -0.39 is 0 Å². The van der Waals surface area contributed by atoms with Crippen molar-refractivity contribution in [2.45, 2.75) is 48.5 Å². The molecule has 0 amide bonds. The first-order valence-corrected chi connectivity index (χ1v) is 17.8. The molecule has 10 heteroatoms. The molecule has 6 aromatic rings. The van der Waals surface area contributed by atoms with E-state index in [1.54, 1.807) is 25.3 Å². The number of carbonyl (C=O) groups excluding carboxylic acids is 1. The van der Waals surface area contributed by atoms with Gasteiger partial charge in [0.1, 0.15) is 5.82 Å². The third-order valence-corrected chi connectivity index (χ3v) is 9.43. The lowest BCUT2D eigenvalue weighted by molar-refractivity contribution is 0.101. The van der Waals surface area contributed by atoms with Gasteiger partial charge in [-0.2, -0.15) is 0 Å². The molecule has 3 aliphatic rings. The van der Waals surface area contributed by atoms with Crippen LogP contribution in [0.25, 0.3) is 45.3 Å². The molecular formula is C45H43N5O5. The Morgan fingerprint density at radius 2 is 1.35 bits per heavy atom. The Balaban J connectivity index is 0.000000168. The van der Waals surface area contributed by atoms with Crippen LogP contribution in [0.3, 0.4) is 0 Å². The van der Waals surface area contributed by atoms with Crippen LogP contribution in [-0.4, -0.2) is 45.0 Å². The number of ether oxygens (including phenoxy) is 4. The van der Waals surface area contributed by atoms with Crippen molar-refractivity contribution in [2.75, 3.05) is 13.6 Å². The van der Waals surface area contributed by atoms with Gasteiger partial charge >= 0.3 is 0 Å². The van der Waals surface area contributed by atoms with Crippen LogP contribution in [0, 0.1) is 12.3 Å². The van der Waals surface area contributed by atoms with Gasteiger partial charge in [0, 0.05) is 46.1 Å². The fourth-order valence-corrected chi connectivity index (χ4v) is 6.46. The minimum absolute atomic E-state index is 0. The minimum Gasteiger partial charge on any atom is -0.454 e. The summed E-state index contributed by atoms with van der Waals surface area (Å²) >= 11 is 0. The zero-order valence-electron chi connectivity index (χ0n) is 30.8. The van der Waals surface area contributed by atoms with Crippen molar-refractivity contribution in [3.63, 3.8) is 0 Å². The lowest BCUT2D eigenvalue weighted by Gasteiger charge is -2.18. The van der Waals surface area contributed by atoms with Crippen molar-refractivity contribution >= 4 is 22.8 Å². The Morgan fingerprint density at radius 1 is 0.709 bits per heavy atom. The van der Waals surface area contributed by atoms with E-state index in [9.17, 15) is 4.79 Å². The Bertz CT molecular complexity index is 2440. The van der Waals surface area contributed by atoms with E-state index in [2.05, 4.69) is 42.9 Å². The van der Waals surface area contributed by atoms with Crippen LogP contribution in [0.4, 0.5) is 0 Å². The summed E-state index contributed by atoms with van der Waals surface area (Å²) in [5.41, 5.74) is 11.2. The molecule has 9 rings (SSSR count). The number of aromatic amines is 1. The highest BCUT2D eigenvalue weighted by atomic mass is 16.7. The highest BCUT2D eigenvalue weighted by Gasteiger charge is 2.30. The monoisotopic (exact) mass is 733 g/mol. The summed E-state index contributed by atoms with van der Waals surface area (Å²) < 4.78 is 21.9. The molecule has 0 radical (unpaired) electrons. The maximum Gasteiger partial charge on any atom is 0.231 e. The van der Waals surface area contributed by atoms with Crippen molar-refractivity contribution < 1.29 is 23.7 Å². The largest absolute Gasteiger partial charge is 0.454 e. The zero-order chi connectivity index (χ0) is 37.4. The molecule has 3 aliphatic heterocycles. The van der Waals surface area contributed by atoms with Crippen LogP contribution >= 0.6 is 0 Å². The third kappa shape index (κ3) is 7.62. The van der Waals surface area contributed by atoms with Crippen molar-refractivity contribution in [2.24, 2.45) is 10.4 Å². The van der Waals surface area contributed by atoms with Crippen molar-refractivity contribution in [3.8, 4) is 57.0 Å². The van der Waals surface area contributed by atoms with Gasteiger partial charge in [-0.25, -0.2) is 4.98 Å². The standard InChI is InChI=1S/C23H17N3O3.C21H22N2O2.CH4/c1-14(27)15-5-7-16(8-6-15)23-25-21(22(26-23)18-4-2-3-11-24-18)17-9-10-19-20(12-17)29-13-28-19;1-13-6-5-7-16(22-13)20-15(11-19(23-20)21(2,3)4)14-8-9-17-18(10-14)25-12-24-17;/h2-12H,13H2,1H3,(H,25,26);5-10H,11-12H2,1-4H3;1H4. The Labute approximate surface area is 321 Å². The van der Waals surface area contributed by atoms with E-state index in [0.717, 1.165) is 74.5 Å². The maximum absolute atomic E-state index is 11.6. The number of aromatic nitrogens is 4. The smallest absolute Gasteiger partial charge is 0.231 e. The highest BCUT2D eigenvalue weighted by Crippen LogP contribution is 2.43. The molecule has 0 saturated heterocycles. The summed E-state index contributed by atoms with van der Waals surface area (Å²) in [5, 5.41) is 0. The summed E-state index contributed by atoms with van der Waals surface area (Å²) in [4.78, 5) is 34.0. The van der Waals surface area contributed by atoms with Crippen molar-refractivity contribution in [3.05, 3.63) is 126 Å². The molecule has 0 aliphatic carbocycles. The summed E-state index contributed by atoms with van der Waals surface area (Å²) in [6.45, 7) is 10.7. The third-order valence-electron chi connectivity index (χ3n) is 9.43. The molecule has 0 fully saturated rings. The molecule has 1 N–H and O–H groups in total. The van der Waals surface area contributed by atoms with Crippen molar-refractivity contribution in [1.29, 1.82) is 0 Å². The first kappa shape index (κ1) is 36.8. The molecule has 3 aromatic carbocycles. The summed E-state index contributed by atoms with van der Waals surface area (Å²) in [7, 11) is 0. The predicted octanol–water partition coefficient (Wildman–Crippen LogP) is 10.3. The number of nitrogens with one attached hydrogen (secondary N) is 1. The molecule has 6 heterocycles. The number of hydrogen-bond acceptors (Lipinski definition) is 9. The van der Waals surface area contributed by atoms with Gasteiger partial charge in [0.05, 0.1) is 28.5 Å². The Morgan fingerprint density at radius 3 is 1.98 bits per heavy atom. The predicted molar refractivity (Wildman–Crippen MR) is 215 cm³/mol. The van der Waals surface area contributed by atoms with Crippen LogP contribution in [0.5, 0.6) is 23.0 Å². The Kier molecular flexibility index (Phi) is 10.1. The number of imidazole rings is 1. The number of aliphatic imine (C=N–C) groups is 1. The minimum atomic E-state index is 0. The lowest BCUT2D eigenvalue weighted by Crippen LogP contribution is -2.18. The van der Waals surface area contributed by atoms with E-state index in [0.29, 0.717) is 17.1 Å². The van der Waals surface area contributed by atoms with Gasteiger partial charge in [-0.1, -0.05) is 70.7 Å². The van der Waals surface area contributed by atoms with Crippen molar-refractivity contribution in [1.82, 2.24) is 19.9 Å². The molecule has 0 spiro atoms. The van der Waals surface area contributed by atoms with E-state index >= 15 is 0 Å². The van der Waals surface area contributed by atoms with E-state index in [-0.39, 0.29) is 32.2 Å². The topological polar surface area (TPSA) is 121 Å². The zero-order valence-corrected chi connectivity index (χ0v) is 30.8. The van der Waals surface area contributed by atoms with Gasteiger partial charge in [0.25, 0.3) is 0 Å². The molecule has 55 heavy (non-hydrogen) atoms. The first-order chi connectivity index (χ1) is 26.1. The molecule has 0 atom stereocenters. The number of nitrogens with zero attached hydrogens (tertiary/aromatic N) is 4. The number of rotatable bonds is 6. The van der Waals surface area contributed by atoms with Crippen LogP contribution in [0.1, 0.15) is 68.9 Å². The van der Waals surface area contributed by atoms with E-state index in [1.807, 2.05) is 79.7 Å². The molecule has 278 valence electrons. The average molecular weight is 734 g/mol. The number of fused-ring (bicyclic) bond motifs is 2. The highest BCUT2D eigenvalue weighted by molar-refractivity contribution is 6.11. The van der Waals surface area contributed by atoms with E-state index in [4.69, 9.17) is 33.9 Å². The van der Waals surface area contributed by atoms with Gasteiger partial charge in [0.2, 0.25) is 13.6 Å². The summed E-state index contributed by atoms with van der Waals surface area (Å²) in [5.74, 6) is 3.76. The fraction of sp³-hybridized carbons (Fsp3) is 0.222. The number of H-pyrrole nitrogens is 1. The number of Topliss-reactive ketones (excluding diaryl/α,β-unsaturated/α-hetero) is 1.